The smallest absolute Gasteiger partial charge is 0.187 e. The predicted molar refractivity (Wildman–Crippen MR) is 143 cm³/mol. The summed E-state index contributed by atoms with van der Waals surface area (Å²) in [7, 11) is 0. The van der Waals surface area contributed by atoms with Crippen LogP contribution in [0.2, 0.25) is 5.02 Å². The third-order valence-electron chi connectivity index (χ3n) is 6.86. The van der Waals surface area contributed by atoms with Gasteiger partial charge in [0.25, 0.3) is 0 Å². The van der Waals surface area contributed by atoms with E-state index in [0.29, 0.717) is 17.5 Å². The summed E-state index contributed by atoms with van der Waals surface area (Å²) in [6, 6.07) is 31.5. The van der Waals surface area contributed by atoms with Gasteiger partial charge in [-0.2, -0.15) is 0 Å². The van der Waals surface area contributed by atoms with Gasteiger partial charge in [0, 0.05) is 23.8 Å². The molecule has 170 valence electrons. The van der Waals surface area contributed by atoms with Crippen LogP contribution in [0.3, 0.4) is 0 Å². The van der Waals surface area contributed by atoms with Gasteiger partial charge in [-0.1, -0.05) is 66.2 Å². The van der Waals surface area contributed by atoms with Crippen molar-refractivity contribution in [2.75, 3.05) is 24.5 Å². The number of hydrogen-bond donors (Lipinski definition) is 1. The Kier molecular flexibility index (Phi) is 6.81. The van der Waals surface area contributed by atoms with Crippen LogP contribution >= 0.6 is 11.6 Å². The third kappa shape index (κ3) is 5.25. The van der Waals surface area contributed by atoms with Crippen LogP contribution < -0.4 is 10.2 Å². The molecule has 5 rings (SSSR count). The molecule has 1 aliphatic heterocycles. The molecule has 2 atom stereocenters. The van der Waals surface area contributed by atoms with E-state index in [1.165, 1.54) is 22.2 Å². The lowest BCUT2D eigenvalue weighted by atomic mass is 9.89. The number of hydrogen-bond acceptors (Lipinski definition) is 2. The van der Waals surface area contributed by atoms with Gasteiger partial charge in [0.15, 0.2) is 5.69 Å². The van der Waals surface area contributed by atoms with Crippen LogP contribution in [0.15, 0.2) is 91.0 Å². The van der Waals surface area contributed by atoms with Crippen LogP contribution in [0.5, 0.6) is 0 Å². The second-order valence-electron chi connectivity index (χ2n) is 9.20. The van der Waals surface area contributed by atoms with E-state index in [-0.39, 0.29) is 0 Å². The van der Waals surface area contributed by atoms with E-state index < -0.39 is 0 Å². The van der Waals surface area contributed by atoms with Crippen molar-refractivity contribution in [3.8, 4) is 0 Å². The Morgan fingerprint density at radius 2 is 1.56 bits per heavy atom. The average molecular weight is 466 g/mol. The Morgan fingerprint density at radius 1 is 0.824 bits per heavy atom. The molecule has 1 heterocycles. The monoisotopic (exact) mass is 465 g/mol. The number of rotatable bonds is 7. The number of halogens is 1. The van der Waals surface area contributed by atoms with Crippen LogP contribution in [0, 0.1) is 18.4 Å². The first-order valence-electron chi connectivity index (χ1n) is 11.8. The van der Waals surface area contributed by atoms with Gasteiger partial charge in [-0.25, -0.2) is 4.85 Å². The lowest BCUT2D eigenvalue weighted by molar-refractivity contribution is 0.413. The average Bonchev–Trinajstić information content (AvgIpc) is 3.30. The summed E-state index contributed by atoms with van der Waals surface area (Å²) in [5.41, 5.74) is 4.55. The number of fused-ring (bicyclic) bond motifs is 1. The highest BCUT2D eigenvalue weighted by Gasteiger charge is 2.29. The van der Waals surface area contributed by atoms with Crippen LogP contribution in [-0.2, 0) is 13.0 Å². The number of anilines is 1. The van der Waals surface area contributed by atoms with Crippen molar-refractivity contribution in [1.29, 1.82) is 0 Å². The van der Waals surface area contributed by atoms with Gasteiger partial charge in [-0.3, -0.25) is 0 Å². The summed E-state index contributed by atoms with van der Waals surface area (Å²) in [5.74, 6) is 1.18. The second kappa shape index (κ2) is 10.3. The SMILES string of the molecule is [C-]#[N+]c1ccc2cc(CN(C[C@H]3CNC[C@@H]3Cc3ccccc3)c3ccc(Cl)cc3)ccc2c1. The Bertz CT molecular complexity index is 1290. The normalized spacial score (nSPS) is 17.5. The fourth-order valence-electron chi connectivity index (χ4n) is 5.02. The van der Waals surface area contributed by atoms with Gasteiger partial charge in [0.1, 0.15) is 0 Å². The van der Waals surface area contributed by atoms with Crippen molar-refractivity contribution >= 4 is 33.7 Å². The molecule has 34 heavy (non-hydrogen) atoms. The Morgan fingerprint density at radius 3 is 2.35 bits per heavy atom. The summed E-state index contributed by atoms with van der Waals surface area (Å²) in [6.45, 7) is 11.2. The molecular weight excluding hydrogens is 438 g/mol. The van der Waals surface area contributed by atoms with Crippen LogP contribution in [0.25, 0.3) is 15.6 Å². The molecule has 0 aromatic heterocycles. The predicted octanol–water partition coefficient (Wildman–Crippen LogP) is 7.13. The molecule has 4 aromatic rings. The van der Waals surface area contributed by atoms with Gasteiger partial charge in [-0.05, 0) is 89.6 Å². The van der Waals surface area contributed by atoms with E-state index >= 15 is 0 Å². The molecule has 0 spiro atoms. The maximum absolute atomic E-state index is 7.26. The van der Waals surface area contributed by atoms with Crippen molar-refractivity contribution in [2.24, 2.45) is 11.8 Å². The highest BCUT2D eigenvalue weighted by Crippen LogP contribution is 2.28. The lowest BCUT2D eigenvalue weighted by Crippen LogP contribution is -2.33. The van der Waals surface area contributed by atoms with Gasteiger partial charge in [-0.15, -0.1) is 0 Å². The highest BCUT2D eigenvalue weighted by atomic mass is 35.5. The minimum absolute atomic E-state index is 0.567. The number of benzene rings is 4. The molecule has 1 N–H and O–H groups in total. The minimum atomic E-state index is 0.567. The standard InChI is InChI=1S/C30H28ClN3/c1-32-29-12-9-24-16-23(7-8-25(24)17-29)20-34(30-13-10-28(31)11-14-30)21-27-19-33-18-26(27)15-22-5-3-2-4-6-22/h2-14,16-17,26-27,33H,15,18-21H2/t26-,27+/m0/s1. The fraction of sp³-hybridized carbons (Fsp3) is 0.233. The molecule has 0 amide bonds. The molecule has 1 fully saturated rings. The first-order valence-corrected chi connectivity index (χ1v) is 12.2. The molecule has 1 saturated heterocycles. The highest BCUT2D eigenvalue weighted by molar-refractivity contribution is 6.30. The zero-order valence-corrected chi connectivity index (χ0v) is 19.9. The number of nitrogens with one attached hydrogen (secondary N) is 1. The molecule has 4 heteroatoms. The van der Waals surface area contributed by atoms with Crippen molar-refractivity contribution < 1.29 is 0 Å². The molecule has 0 saturated carbocycles. The third-order valence-corrected chi connectivity index (χ3v) is 7.11. The molecule has 0 bridgehead atoms. The summed E-state index contributed by atoms with van der Waals surface area (Å²) in [4.78, 5) is 6.04. The van der Waals surface area contributed by atoms with E-state index in [0.717, 1.165) is 43.0 Å². The van der Waals surface area contributed by atoms with E-state index in [9.17, 15) is 0 Å². The summed E-state index contributed by atoms with van der Waals surface area (Å²) in [6.07, 6.45) is 1.10. The zero-order chi connectivity index (χ0) is 23.3. The lowest BCUT2D eigenvalue weighted by Gasteiger charge is -2.30. The topological polar surface area (TPSA) is 19.6 Å². The number of nitrogens with zero attached hydrogens (tertiary/aromatic N) is 2. The van der Waals surface area contributed by atoms with E-state index in [1.54, 1.807) is 0 Å². The Balaban J connectivity index is 1.39. The van der Waals surface area contributed by atoms with Crippen LogP contribution in [0.4, 0.5) is 11.4 Å². The molecule has 3 nitrogen and oxygen atoms in total. The maximum atomic E-state index is 7.26. The van der Waals surface area contributed by atoms with Crippen molar-refractivity contribution in [2.45, 2.75) is 13.0 Å². The first kappa shape index (κ1) is 22.5. The first-order chi connectivity index (χ1) is 16.7. The molecule has 0 radical (unpaired) electrons. The fourth-order valence-corrected chi connectivity index (χ4v) is 5.15. The van der Waals surface area contributed by atoms with Crippen molar-refractivity contribution in [3.05, 3.63) is 119 Å². The zero-order valence-electron chi connectivity index (χ0n) is 19.1. The second-order valence-corrected chi connectivity index (χ2v) is 9.64. The van der Waals surface area contributed by atoms with Gasteiger partial charge in [0.2, 0.25) is 0 Å². The van der Waals surface area contributed by atoms with Crippen molar-refractivity contribution in [1.82, 2.24) is 5.32 Å². The molecule has 1 aliphatic rings. The Labute approximate surface area is 206 Å². The van der Waals surface area contributed by atoms with Crippen LogP contribution in [0.1, 0.15) is 11.1 Å². The van der Waals surface area contributed by atoms with Gasteiger partial charge < -0.3 is 10.2 Å². The maximum Gasteiger partial charge on any atom is 0.187 e. The van der Waals surface area contributed by atoms with Gasteiger partial charge in [0.05, 0.1) is 6.57 Å². The van der Waals surface area contributed by atoms with Gasteiger partial charge >= 0.3 is 0 Å². The quantitative estimate of drug-likeness (QED) is 0.293. The minimum Gasteiger partial charge on any atom is -0.367 e. The summed E-state index contributed by atoms with van der Waals surface area (Å²) in [5, 5.41) is 6.68. The van der Waals surface area contributed by atoms with E-state index in [4.69, 9.17) is 18.2 Å². The largest absolute Gasteiger partial charge is 0.367 e. The van der Waals surface area contributed by atoms with E-state index in [1.807, 2.05) is 24.3 Å². The Hall–Kier alpha value is -3.32. The molecular formula is C30H28ClN3. The van der Waals surface area contributed by atoms with E-state index in [2.05, 4.69) is 81.8 Å². The molecule has 0 unspecified atom stereocenters. The summed E-state index contributed by atoms with van der Waals surface area (Å²) < 4.78 is 0. The van der Waals surface area contributed by atoms with Crippen LogP contribution in [-0.4, -0.2) is 19.6 Å². The molecule has 4 aromatic carbocycles. The van der Waals surface area contributed by atoms with Crippen molar-refractivity contribution in [3.63, 3.8) is 0 Å². The summed E-state index contributed by atoms with van der Waals surface area (Å²) >= 11 is 6.20. The molecule has 0 aliphatic carbocycles.